The van der Waals surface area contributed by atoms with Crippen LogP contribution in [0.15, 0.2) is 24.3 Å². The van der Waals surface area contributed by atoms with E-state index in [1.165, 1.54) is 13.8 Å². The molecule has 0 bridgehead atoms. The van der Waals surface area contributed by atoms with E-state index in [9.17, 15) is 19.2 Å². The molecule has 148 valence electrons. The average molecular weight is 379 g/mol. The largest absolute Gasteiger partial charge is 0.494 e. The molecule has 0 spiro atoms. The second-order valence-corrected chi connectivity index (χ2v) is 5.72. The zero-order valence-electron chi connectivity index (χ0n) is 15.7. The van der Waals surface area contributed by atoms with Gasteiger partial charge in [0.15, 0.2) is 0 Å². The maximum Gasteiger partial charge on any atom is 0.326 e. The van der Waals surface area contributed by atoms with Gasteiger partial charge in [-0.2, -0.15) is 0 Å². The summed E-state index contributed by atoms with van der Waals surface area (Å²) >= 11 is 0. The summed E-state index contributed by atoms with van der Waals surface area (Å²) in [6.07, 6.45) is 0. The van der Waals surface area contributed by atoms with Gasteiger partial charge in [0.1, 0.15) is 11.8 Å². The van der Waals surface area contributed by atoms with Crippen molar-refractivity contribution >= 4 is 23.7 Å². The first kappa shape index (κ1) is 21.9. The second kappa shape index (κ2) is 10.8. The van der Waals surface area contributed by atoms with Gasteiger partial charge in [0.2, 0.25) is 11.8 Å². The highest BCUT2D eigenvalue weighted by atomic mass is 16.5. The lowest BCUT2D eigenvalue weighted by molar-refractivity contribution is -0.149. The quantitative estimate of drug-likeness (QED) is 0.535. The Labute approximate surface area is 157 Å². The smallest absolute Gasteiger partial charge is 0.326 e. The van der Waals surface area contributed by atoms with Crippen molar-refractivity contribution in [3.63, 3.8) is 0 Å². The lowest BCUT2D eigenvalue weighted by atomic mass is 10.2. The zero-order chi connectivity index (χ0) is 20.4. The molecule has 0 radical (unpaired) electrons. The van der Waals surface area contributed by atoms with Crippen molar-refractivity contribution < 1.29 is 29.0 Å². The van der Waals surface area contributed by atoms with Crippen molar-refractivity contribution in [2.24, 2.45) is 0 Å². The van der Waals surface area contributed by atoms with Gasteiger partial charge in [0, 0.05) is 25.6 Å². The molecule has 9 nitrogen and oxygen atoms in total. The Morgan fingerprint density at radius 3 is 2.30 bits per heavy atom. The molecule has 27 heavy (non-hydrogen) atoms. The number of aliphatic carboxylic acids is 1. The van der Waals surface area contributed by atoms with Crippen LogP contribution in [0.25, 0.3) is 0 Å². The van der Waals surface area contributed by atoms with E-state index in [1.54, 1.807) is 24.3 Å². The maximum absolute atomic E-state index is 12.4. The molecule has 0 aliphatic carbocycles. The van der Waals surface area contributed by atoms with Gasteiger partial charge in [-0.1, -0.05) is 0 Å². The van der Waals surface area contributed by atoms with Crippen LogP contribution in [0.2, 0.25) is 0 Å². The molecule has 1 aromatic carbocycles. The summed E-state index contributed by atoms with van der Waals surface area (Å²) in [5, 5.41) is 14.1. The number of hydrogen-bond donors (Lipinski definition) is 3. The van der Waals surface area contributed by atoms with Gasteiger partial charge in [0.25, 0.3) is 5.91 Å². The summed E-state index contributed by atoms with van der Waals surface area (Å²) in [6, 6.07) is 5.34. The van der Waals surface area contributed by atoms with Crippen molar-refractivity contribution in [3.05, 3.63) is 29.8 Å². The number of carbonyl (C=O) groups is 4. The molecule has 1 atom stereocenters. The molecule has 3 N–H and O–H groups in total. The minimum Gasteiger partial charge on any atom is -0.494 e. The van der Waals surface area contributed by atoms with Crippen molar-refractivity contribution in [1.29, 1.82) is 0 Å². The number of ether oxygens (including phenoxy) is 1. The molecule has 0 fully saturated rings. The van der Waals surface area contributed by atoms with Crippen LogP contribution in [-0.2, 0) is 14.4 Å². The number of hydrogen-bond acceptors (Lipinski definition) is 5. The summed E-state index contributed by atoms with van der Waals surface area (Å²) in [5.41, 5.74) is 0.349. The fourth-order valence-electron chi connectivity index (χ4n) is 2.25. The van der Waals surface area contributed by atoms with Crippen molar-refractivity contribution in [2.45, 2.75) is 26.8 Å². The van der Waals surface area contributed by atoms with Crippen LogP contribution in [0.4, 0.5) is 0 Å². The highest BCUT2D eigenvalue weighted by Gasteiger charge is 2.25. The molecule has 0 aliphatic rings. The molecule has 0 aliphatic heterocycles. The number of carbonyl (C=O) groups excluding carboxylic acids is 3. The van der Waals surface area contributed by atoms with E-state index in [2.05, 4.69) is 10.6 Å². The van der Waals surface area contributed by atoms with Gasteiger partial charge >= 0.3 is 5.97 Å². The lowest BCUT2D eigenvalue weighted by Gasteiger charge is -2.26. The molecule has 0 saturated heterocycles. The predicted octanol–water partition coefficient (Wildman–Crippen LogP) is 0.253. The summed E-state index contributed by atoms with van der Waals surface area (Å²) < 4.78 is 5.30. The third-order valence-corrected chi connectivity index (χ3v) is 3.70. The number of carboxylic acids is 1. The highest BCUT2D eigenvalue weighted by molar-refractivity contribution is 5.97. The van der Waals surface area contributed by atoms with Gasteiger partial charge in [0.05, 0.1) is 13.2 Å². The summed E-state index contributed by atoms with van der Waals surface area (Å²) in [4.78, 5) is 47.7. The lowest BCUT2D eigenvalue weighted by Crippen LogP contribution is -2.50. The maximum atomic E-state index is 12.4. The summed E-state index contributed by atoms with van der Waals surface area (Å²) in [6.45, 7) is 4.82. The Kier molecular flexibility index (Phi) is 8.77. The Bertz CT molecular complexity index is 674. The van der Waals surface area contributed by atoms with Crippen LogP contribution in [0.3, 0.4) is 0 Å². The molecule has 0 heterocycles. The Balaban J connectivity index is 2.66. The molecule has 1 aromatic rings. The van der Waals surface area contributed by atoms with Crippen LogP contribution in [-0.4, -0.2) is 66.0 Å². The van der Waals surface area contributed by atoms with E-state index >= 15 is 0 Å². The van der Waals surface area contributed by atoms with Crippen LogP contribution >= 0.6 is 0 Å². The molecule has 1 rings (SSSR count). The highest BCUT2D eigenvalue weighted by Crippen LogP contribution is 2.12. The van der Waals surface area contributed by atoms with E-state index in [4.69, 9.17) is 9.84 Å². The third-order valence-electron chi connectivity index (χ3n) is 3.70. The fraction of sp³-hybridized carbons (Fsp3) is 0.444. The minimum absolute atomic E-state index is 0.0187. The van der Waals surface area contributed by atoms with Crippen molar-refractivity contribution in [3.8, 4) is 5.75 Å². The minimum atomic E-state index is -1.18. The Hall–Kier alpha value is -3.10. The van der Waals surface area contributed by atoms with Crippen LogP contribution in [0.1, 0.15) is 31.1 Å². The molecule has 9 heteroatoms. The number of nitrogens with one attached hydrogen (secondary N) is 2. The SMILES string of the molecule is CCOc1ccc(C(=O)NCC(=O)N(CCNC(C)=O)C(C)C(=O)O)cc1. The number of amides is 3. The topological polar surface area (TPSA) is 125 Å². The summed E-state index contributed by atoms with van der Waals surface area (Å²) in [5.74, 6) is -1.85. The molecular weight excluding hydrogens is 354 g/mol. The number of rotatable bonds is 10. The van der Waals surface area contributed by atoms with Crippen LogP contribution in [0.5, 0.6) is 5.75 Å². The van der Waals surface area contributed by atoms with Gasteiger partial charge in [-0.25, -0.2) is 4.79 Å². The normalized spacial score (nSPS) is 11.2. The molecular formula is C18H25N3O6. The first-order valence-corrected chi connectivity index (χ1v) is 8.54. The van der Waals surface area contributed by atoms with E-state index in [-0.39, 0.29) is 25.5 Å². The molecule has 3 amide bonds. The summed E-state index contributed by atoms with van der Waals surface area (Å²) in [7, 11) is 0. The van der Waals surface area contributed by atoms with Crippen LogP contribution in [0, 0.1) is 0 Å². The molecule has 0 aromatic heterocycles. The second-order valence-electron chi connectivity index (χ2n) is 5.72. The predicted molar refractivity (Wildman–Crippen MR) is 97.4 cm³/mol. The van der Waals surface area contributed by atoms with Crippen LogP contribution < -0.4 is 15.4 Å². The third kappa shape index (κ3) is 7.35. The fourth-order valence-corrected chi connectivity index (χ4v) is 2.25. The average Bonchev–Trinajstić information content (AvgIpc) is 2.63. The van der Waals surface area contributed by atoms with E-state index in [0.717, 1.165) is 4.90 Å². The Morgan fingerprint density at radius 1 is 1.15 bits per heavy atom. The standard InChI is InChI=1S/C18H25N3O6/c1-4-27-15-7-5-14(6-8-15)17(24)20-11-16(23)21(12(2)18(25)26)10-9-19-13(3)22/h5-8,12H,4,9-11H2,1-3H3,(H,19,22)(H,20,24)(H,25,26). The molecule has 0 saturated carbocycles. The van der Waals surface area contributed by atoms with Gasteiger partial charge in [-0.3, -0.25) is 14.4 Å². The van der Waals surface area contributed by atoms with E-state index in [0.29, 0.717) is 17.9 Å². The van der Waals surface area contributed by atoms with E-state index in [1.807, 2.05) is 6.92 Å². The van der Waals surface area contributed by atoms with Gasteiger partial charge in [-0.15, -0.1) is 0 Å². The van der Waals surface area contributed by atoms with Gasteiger partial charge < -0.3 is 25.4 Å². The Morgan fingerprint density at radius 2 is 1.78 bits per heavy atom. The monoisotopic (exact) mass is 379 g/mol. The first-order chi connectivity index (χ1) is 12.8. The van der Waals surface area contributed by atoms with E-state index < -0.39 is 23.8 Å². The molecule has 1 unspecified atom stereocenters. The number of nitrogens with zero attached hydrogens (tertiary/aromatic N) is 1. The first-order valence-electron chi connectivity index (χ1n) is 8.54. The number of benzene rings is 1. The van der Waals surface area contributed by atoms with Crippen molar-refractivity contribution in [2.75, 3.05) is 26.2 Å². The van der Waals surface area contributed by atoms with Gasteiger partial charge in [-0.05, 0) is 38.1 Å². The van der Waals surface area contributed by atoms with Crippen molar-refractivity contribution in [1.82, 2.24) is 15.5 Å². The zero-order valence-corrected chi connectivity index (χ0v) is 15.7. The number of carboxylic acid groups (broad SMARTS) is 1.